The minimum atomic E-state index is -0.110. The van der Waals surface area contributed by atoms with Gasteiger partial charge in [-0.3, -0.25) is 4.79 Å². The minimum absolute atomic E-state index is 0.110. The number of likely N-dealkylation sites (N-methyl/N-ethyl adjacent to an activating group) is 2. The largest absolute Gasteiger partial charge is 0.335 e. The second-order valence-corrected chi connectivity index (χ2v) is 7.71. The summed E-state index contributed by atoms with van der Waals surface area (Å²) < 4.78 is 1.81. The van der Waals surface area contributed by atoms with E-state index in [4.69, 9.17) is 0 Å². The molecule has 1 fully saturated rings. The summed E-state index contributed by atoms with van der Waals surface area (Å²) in [4.78, 5) is 21.8. The second-order valence-electron chi connectivity index (χ2n) is 7.71. The Hall–Kier alpha value is -2.99. The van der Waals surface area contributed by atoms with Gasteiger partial charge >= 0.3 is 0 Å². The second kappa shape index (κ2) is 8.57. The van der Waals surface area contributed by atoms with Crippen LogP contribution in [0.4, 0.5) is 0 Å². The van der Waals surface area contributed by atoms with Gasteiger partial charge in [-0.2, -0.15) is 0 Å². The first kappa shape index (κ1) is 19.3. The van der Waals surface area contributed by atoms with Crippen molar-refractivity contribution in [3.8, 4) is 5.69 Å². The lowest BCUT2D eigenvalue weighted by atomic mass is 10.1. The van der Waals surface area contributed by atoms with Crippen molar-refractivity contribution in [3.05, 3.63) is 77.9 Å². The number of nitrogens with zero attached hydrogens (tertiary/aromatic N) is 5. The van der Waals surface area contributed by atoms with Gasteiger partial charge in [-0.1, -0.05) is 48.5 Å². The van der Waals surface area contributed by atoms with Crippen molar-refractivity contribution in [2.75, 3.05) is 27.2 Å². The summed E-state index contributed by atoms with van der Waals surface area (Å²) in [7, 11) is 3.95. The van der Waals surface area contributed by atoms with Crippen LogP contribution < -0.4 is 0 Å². The highest BCUT2D eigenvalue weighted by atomic mass is 16.2. The quantitative estimate of drug-likeness (QED) is 0.651. The Labute approximate surface area is 171 Å². The summed E-state index contributed by atoms with van der Waals surface area (Å²) in [5, 5.41) is 4.60. The van der Waals surface area contributed by atoms with E-state index < -0.39 is 0 Å². The number of carbonyl (C=O) groups excluding carboxylic acids is 1. The Morgan fingerprint density at radius 3 is 2.41 bits per heavy atom. The third-order valence-electron chi connectivity index (χ3n) is 5.58. The van der Waals surface area contributed by atoms with E-state index in [1.165, 1.54) is 5.56 Å². The van der Waals surface area contributed by atoms with Crippen LogP contribution in [-0.4, -0.2) is 63.7 Å². The monoisotopic (exact) mass is 389 g/mol. The highest BCUT2D eigenvalue weighted by molar-refractivity contribution is 5.90. The first-order valence-corrected chi connectivity index (χ1v) is 10.1. The Balaban J connectivity index is 1.59. The van der Waals surface area contributed by atoms with E-state index in [9.17, 15) is 4.79 Å². The van der Waals surface area contributed by atoms with Gasteiger partial charge in [0.25, 0.3) is 5.91 Å². The molecule has 2 heterocycles. The number of aryl methyl sites for hydroxylation is 2. The predicted octanol–water partition coefficient (Wildman–Crippen LogP) is 2.83. The van der Waals surface area contributed by atoms with Crippen LogP contribution in [0.5, 0.6) is 0 Å². The summed E-state index contributed by atoms with van der Waals surface area (Å²) in [6, 6.07) is 20.4. The zero-order chi connectivity index (χ0) is 20.2. The van der Waals surface area contributed by atoms with Crippen molar-refractivity contribution >= 4 is 5.91 Å². The molecule has 0 N–H and O–H groups in total. The molecule has 4 rings (SSSR count). The number of amides is 1. The molecule has 1 aromatic heterocycles. The molecule has 0 saturated carbocycles. The van der Waals surface area contributed by atoms with E-state index in [2.05, 4.69) is 34.2 Å². The number of para-hydroxylation sites is 1. The Morgan fingerprint density at radius 1 is 1.07 bits per heavy atom. The van der Waals surface area contributed by atoms with E-state index >= 15 is 0 Å². The fourth-order valence-corrected chi connectivity index (χ4v) is 3.83. The smallest absolute Gasteiger partial charge is 0.293 e. The number of benzene rings is 2. The van der Waals surface area contributed by atoms with Crippen LogP contribution in [0.2, 0.25) is 0 Å². The van der Waals surface area contributed by atoms with Crippen molar-refractivity contribution in [1.82, 2.24) is 24.6 Å². The lowest BCUT2D eigenvalue weighted by molar-refractivity contribution is 0.0725. The highest BCUT2D eigenvalue weighted by Gasteiger charge is 2.29. The molecule has 0 unspecified atom stereocenters. The van der Waals surface area contributed by atoms with Crippen LogP contribution in [0.15, 0.2) is 60.7 Å². The SMILES string of the molecule is CN1CC[C@@H](N(C)C(=O)c2nc(CCc3ccccc3)n(-c3ccccc3)n2)C1. The van der Waals surface area contributed by atoms with Gasteiger partial charge in [0.2, 0.25) is 5.82 Å². The van der Waals surface area contributed by atoms with E-state index in [0.717, 1.165) is 43.9 Å². The number of carbonyl (C=O) groups is 1. The molecule has 1 atom stereocenters. The first-order valence-electron chi connectivity index (χ1n) is 10.1. The summed E-state index contributed by atoms with van der Waals surface area (Å²) >= 11 is 0. The Bertz CT molecular complexity index is 954. The average Bonchev–Trinajstić information content (AvgIpc) is 3.39. The summed E-state index contributed by atoms with van der Waals surface area (Å²) in [6.45, 7) is 1.90. The molecule has 0 spiro atoms. The van der Waals surface area contributed by atoms with E-state index in [-0.39, 0.29) is 17.8 Å². The molecule has 1 saturated heterocycles. The van der Waals surface area contributed by atoms with Crippen LogP contribution >= 0.6 is 0 Å². The molecule has 1 aliphatic heterocycles. The van der Waals surface area contributed by atoms with Gasteiger partial charge in [-0.25, -0.2) is 9.67 Å². The lowest BCUT2D eigenvalue weighted by Gasteiger charge is -2.22. The molecule has 29 heavy (non-hydrogen) atoms. The van der Waals surface area contributed by atoms with Crippen molar-refractivity contribution in [2.45, 2.75) is 25.3 Å². The highest BCUT2D eigenvalue weighted by Crippen LogP contribution is 2.17. The average molecular weight is 390 g/mol. The molecule has 0 bridgehead atoms. The van der Waals surface area contributed by atoms with Gasteiger partial charge in [0.05, 0.1) is 5.69 Å². The number of aromatic nitrogens is 3. The number of rotatable bonds is 6. The molecule has 150 valence electrons. The zero-order valence-corrected chi connectivity index (χ0v) is 17.0. The van der Waals surface area contributed by atoms with E-state index in [0.29, 0.717) is 0 Å². The first-order chi connectivity index (χ1) is 14.1. The molecule has 3 aromatic rings. The molecular formula is C23H27N5O. The summed E-state index contributed by atoms with van der Waals surface area (Å²) in [5.74, 6) is 0.968. The van der Waals surface area contributed by atoms with Crippen molar-refractivity contribution in [2.24, 2.45) is 0 Å². The third kappa shape index (κ3) is 4.38. The van der Waals surface area contributed by atoms with Gasteiger partial charge in [-0.05, 0) is 44.1 Å². The third-order valence-corrected chi connectivity index (χ3v) is 5.58. The zero-order valence-electron chi connectivity index (χ0n) is 17.0. The van der Waals surface area contributed by atoms with Crippen LogP contribution in [0.25, 0.3) is 5.69 Å². The van der Waals surface area contributed by atoms with Crippen LogP contribution in [-0.2, 0) is 12.8 Å². The maximum atomic E-state index is 13.1. The molecule has 1 aliphatic rings. The van der Waals surface area contributed by atoms with Gasteiger partial charge in [-0.15, -0.1) is 5.10 Å². The number of likely N-dealkylation sites (tertiary alicyclic amines) is 1. The van der Waals surface area contributed by atoms with Crippen molar-refractivity contribution < 1.29 is 4.79 Å². The normalized spacial score (nSPS) is 16.8. The van der Waals surface area contributed by atoms with Gasteiger partial charge < -0.3 is 9.80 Å². The maximum Gasteiger partial charge on any atom is 0.293 e. The summed E-state index contributed by atoms with van der Waals surface area (Å²) in [6.07, 6.45) is 2.55. The van der Waals surface area contributed by atoms with E-state index in [1.54, 1.807) is 4.90 Å². The molecule has 6 nitrogen and oxygen atoms in total. The van der Waals surface area contributed by atoms with Gasteiger partial charge in [0.1, 0.15) is 5.82 Å². The fourth-order valence-electron chi connectivity index (χ4n) is 3.83. The van der Waals surface area contributed by atoms with Gasteiger partial charge in [0, 0.05) is 26.1 Å². The molecule has 2 aromatic carbocycles. The van der Waals surface area contributed by atoms with Crippen molar-refractivity contribution in [3.63, 3.8) is 0 Å². The molecule has 0 aliphatic carbocycles. The fraction of sp³-hybridized carbons (Fsp3) is 0.348. The Morgan fingerprint density at radius 2 is 1.76 bits per heavy atom. The molecule has 6 heteroatoms. The number of hydrogen-bond donors (Lipinski definition) is 0. The standard InChI is InChI=1S/C23H27N5O/c1-26-16-15-20(17-26)27(2)23(29)22-24-21(14-13-18-9-5-3-6-10-18)28(25-22)19-11-7-4-8-12-19/h3-12,20H,13-17H2,1-2H3/t20-/m1/s1. The predicted molar refractivity (Wildman–Crippen MR) is 113 cm³/mol. The minimum Gasteiger partial charge on any atom is -0.335 e. The molecule has 0 radical (unpaired) electrons. The van der Waals surface area contributed by atoms with Crippen LogP contribution in [0.3, 0.4) is 0 Å². The lowest BCUT2D eigenvalue weighted by Crippen LogP contribution is -2.39. The van der Waals surface area contributed by atoms with Crippen molar-refractivity contribution in [1.29, 1.82) is 0 Å². The number of hydrogen-bond acceptors (Lipinski definition) is 4. The van der Waals surface area contributed by atoms with Gasteiger partial charge in [0.15, 0.2) is 0 Å². The van der Waals surface area contributed by atoms with E-state index in [1.807, 2.05) is 60.3 Å². The summed E-state index contributed by atoms with van der Waals surface area (Å²) in [5.41, 5.74) is 2.17. The maximum absolute atomic E-state index is 13.1. The molecule has 1 amide bonds. The van der Waals surface area contributed by atoms with Crippen LogP contribution in [0.1, 0.15) is 28.4 Å². The Kier molecular flexibility index (Phi) is 5.71. The topological polar surface area (TPSA) is 54.3 Å². The molecular weight excluding hydrogens is 362 g/mol. The van der Waals surface area contributed by atoms with Crippen LogP contribution in [0, 0.1) is 0 Å².